The van der Waals surface area contributed by atoms with Crippen LogP contribution in [0, 0.1) is 0 Å². The average Bonchev–Trinajstić information content (AvgIpc) is 2.86. The summed E-state index contributed by atoms with van der Waals surface area (Å²) >= 11 is 3.25. The molecule has 7 nitrogen and oxygen atoms in total. The Bertz CT molecular complexity index is 623. The maximum absolute atomic E-state index is 11.9. The van der Waals surface area contributed by atoms with E-state index < -0.39 is 0 Å². The van der Waals surface area contributed by atoms with Gasteiger partial charge in [0.15, 0.2) is 0 Å². The van der Waals surface area contributed by atoms with Crippen LogP contribution in [0.15, 0.2) is 35.2 Å². The molecule has 2 rings (SSSR count). The fourth-order valence-electron chi connectivity index (χ4n) is 1.45. The van der Waals surface area contributed by atoms with Crippen LogP contribution in [0.2, 0.25) is 0 Å². The third kappa shape index (κ3) is 3.64. The molecule has 104 valence electrons. The van der Waals surface area contributed by atoms with Crippen LogP contribution in [-0.4, -0.2) is 33.6 Å². The van der Waals surface area contributed by atoms with Crippen molar-refractivity contribution in [2.45, 2.75) is 6.54 Å². The van der Waals surface area contributed by atoms with Gasteiger partial charge in [-0.2, -0.15) is 5.10 Å². The van der Waals surface area contributed by atoms with Crippen molar-refractivity contribution in [1.82, 2.24) is 20.1 Å². The van der Waals surface area contributed by atoms with Gasteiger partial charge in [-0.15, -0.1) is 0 Å². The molecule has 0 aliphatic rings. The first-order valence-electron chi connectivity index (χ1n) is 5.74. The van der Waals surface area contributed by atoms with E-state index in [0.29, 0.717) is 11.4 Å². The van der Waals surface area contributed by atoms with Crippen molar-refractivity contribution in [3.8, 4) is 0 Å². The van der Waals surface area contributed by atoms with Gasteiger partial charge in [-0.3, -0.25) is 14.3 Å². The van der Waals surface area contributed by atoms with E-state index in [2.05, 4.69) is 36.6 Å². The molecule has 2 aromatic rings. The van der Waals surface area contributed by atoms with Crippen molar-refractivity contribution < 1.29 is 9.59 Å². The molecule has 0 saturated carbocycles. The van der Waals surface area contributed by atoms with E-state index in [4.69, 9.17) is 0 Å². The number of aromatic nitrogens is 3. The number of halogens is 1. The van der Waals surface area contributed by atoms with E-state index >= 15 is 0 Å². The summed E-state index contributed by atoms with van der Waals surface area (Å²) in [5.74, 6) is -0.502. The lowest BCUT2D eigenvalue weighted by atomic mass is 10.3. The highest BCUT2D eigenvalue weighted by Crippen LogP contribution is 2.10. The number of rotatable bonds is 4. The molecule has 0 spiro atoms. The maximum atomic E-state index is 11.9. The summed E-state index contributed by atoms with van der Waals surface area (Å²) in [6, 6.07) is 3.34. The number of likely N-dealkylation sites (N-methyl/N-ethyl adjacent to an activating group) is 1. The smallest absolute Gasteiger partial charge is 0.274 e. The van der Waals surface area contributed by atoms with E-state index in [-0.39, 0.29) is 18.4 Å². The van der Waals surface area contributed by atoms with Crippen LogP contribution in [0.3, 0.4) is 0 Å². The largest absolute Gasteiger partial charge is 0.358 e. The Morgan fingerprint density at radius 2 is 2.15 bits per heavy atom. The first-order chi connectivity index (χ1) is 9.58. The molecular formula is C12H12BrN5O2. The average molecular weight is 338 g/mol. The topological polar surface area (TPSA) is 88.9 Å². The summed E-state index contributed by atoms with van der Waals surface area (Å²) in [4.78, 5) is 27.1. The lowest BCUT2D eigenvalue weighted by Gasteiger charge is -2.01. The van der Waals surface area contributed by atoms with Crippen molar-refractivity contribution in [2.75, 3.05) is 12.4 Å². The van der Waals surface area contributed by atoms with Gasteiger partial charge in [0.25, 0.3) is 5.91 Å². The highest BCUT2D eigenvalue weighted by Gasteiger charge is 2.09. The first kappa shape index (κ1) is 14.2. The number of amides is 2. The number of carbonyl (C=O) groups is 2. The predicted molar refractivity (Wildman–Crippen MR) is 76.2 cm³/mol. The SMILES string of the molecule is CNC(=O)Cn1cc(NC(=O)c2ccc(Br)cn2)cn1. The molecule has 0 aliphatic carbocycles. The normalized spacial score (nSPS) is 10.1. The van der Waals surface area contributed by atoms with Gasteiger partial charge in [0, 0.05) is 23.9 Å². The third-order valence-corrected chi connectivity index (χ3v) is 2.90. The number of nitrogens with zero attached hydrogens (tertiary/aromatic N) is 3. The zero-order valence-corrected chi connectivity index (χ0v) is 12.2. The van der Waals surface area contributed by atoms with Gasteiger partial charge >= 0.3 is 0 Å². The quantitative estimate of drug-likeness (QED) is 0.872. The summed E-state index contributed by atoms with van der Waals surface area (Å²) in [5, 5.41) is 9.13. The Kier molecular flexibility index (Phi) is 4.46. The van der Waals surface area contributed by atoms with Crippen LogP contribution in [0.4, 0.5) is 5.69 Å². The van der Waals surface area contributed by atoms with Gasteiger partial charge in [-0.1, -0.05) is 0 Å². The van der Waals surface area contributed by atoms with Crippen molar-refractivity contribution in [1.29, 1.82) is 0 Å². The van der Waals surface area contributed by atoms with Gasteiger partial charge < -0.3 is 10.6 Å². The molecule has 0 saturated heterocycles. The maximum Gasteiger partial charge on any atom is 0.274 e. The molecule has 0 unspecified atom stereocenters. The molecule has 2 aromatic heterocycles. The van der Waals surface area contributed by atoms with Crippen LogP contribution >= 0.6 is 15.9 Å². The van der Waals surface area contributed by atoms with Crippen molar-refractivity contribution in [3.05, 3.63) is 40.9 Å². The minimum atomic E-state index is -0.336. The Morgan fingerprint density at radius 1 is 1.35 bits per heavy atom. The molecule has 8 heteroatoms. The van der Waals surface area contributed by atoms with E-state index in [1.165, 1.54) is 10.9 Å². The number of nitrogens with one attached hydrogen (secondary N) is 2. The second kappa shape index (κ2) is 6.29. The second-order valence-electron chi connectivity index (χ2n) is 3.92. The molecule has 0 aromatic carbocycles. The van der Waals surface area contributed by atoms with Crippen LogP contribution in [-0.2, 0) is 11.3 Å². The number of carbonyl (C=O) groups excluding carboxylic acids is 2. The van der Waals surface area contributed by atoms with E-state index in [9.17, 15) is 9.59 Å². The lowest BCUT2D eigenvalue weighted by molar-refractivity contribution is -0.121. The van der Waals surface area contributed by atoms with Crippen LogP contribution in [0.5, 0.6) is 0 Å². The van der Waals surface area contributed by atoms with Crippen molar-refractivity contribution >= 4 is 33.4 Å². The zero-order chi connectivity index (χ0) is 14.5. The van der Waals surface area contributed by atoms with Gasteiger partial charge in [-0.25, -0.2) is 4.98 Å². The molecule has 2 N–H and O–H groups in total. The minimum absolute atomic E-state index is 0.100. The van der Waals surface area contributed by atoms with E-state index in [0.717, 1.165) is 4.47 Å². The zero-order valence-electron chi connectivity index (χ0n) is 10.6. The fraction of sp³-hybridized carbons (Fsp3) is 0.167. The molecular weight excluding hydrogens is 326 g/mol. The summed E-state index contributed by atoms with van der Waals surface area (Å²) < 4.78 is 2.23. The Hall–Kier alpha value is -2.22. The molecule has 2 amide bonds. The Labute approximate surface area is 123 Å². The van der Waals surface area contributed by atoms with Gasteiger partial charge in [-0.05, 0) is 28.1 Å². The van der Waals surface area contributed by atoms with Crippen molar-refractivity contribution in [2.24, 2.45) is 0 Å². The molecule has 20 heavy (non-hydrogen) atoms. The molecule has 2 heterocycles. The highest BCUT2D eigenvalue weighted by atomic mass is 79.9. The van der Waals surface area contributed by atoms with Gasteiger partial charge in [0.2, 0.25) is 5.91 Å². The highest BCUT2D eigenvalue weighted by molar-refractivity contribution is 9.10. The van der Waals surface area contributed by atoms with E-state index in [1.54, 1.807) is 31.6 Å². The number of anilines is 1. The fourth-order valence-corrected chi connectivity index (χ4v) is 1.68. The number of hydrogen-bond acceptors (Lipinski definition) is 4. The van der Waals surface area contributed by atoms with Gasteiger partial charge in [0.05, 0.1) is 11.9 Å². The monoisotopic (exact) mass is 337 g/mol. The first-order valence-corrected chi connectivity index (χ1v) is 6.53. The molecule has 0 bridgehead atoms. The van der Waals surface area contributed by atoms with Crippen molar-refractivity contribution in [3.63, 3.8) is 0 Å². The summed E-state index contributed by atoms with van der Waals surface area (Å²) in [5.41, 5.74) is 0.802. The van der Waals surface area contributed by atoms with Crippen LogP contribution in [0.1, 0.15) is 10.5 Å². The standard InChI is InChI=1S/C12H12BrN5O2/c1-14-11(19)7-18-6-9(5-16-18)17-12(20)10-3-2-8(13)4-15-10/h2-6H,7H2,1H3,(H,14,19)(H,17,20). The van der Waals surface area contributed by atoms with Crippen LogP contribution in [0.25, 0.3) is 0 Å². The summed E-state index contributed by atoms with van der Waals surface area (Å²) in [7, 11) is 1.55. The lowest BCUT2D eigenvalue weighted by Crippen LogP contribution is -2.23. The summed E-state index contributed by atoms with van der Waals surface area (Å²) in [6.07, 6.45) is 4.59. The molecule has 0 fully saturated rings. The molecule has 0 atom stereocenters. The Balaban J connectivity index is 2.01. The Morgan fingerprint density at radius 3 is 2.80 bits per heavy atom. The molecule has 0 radical (unpaired) electrons. The molecule has 0 aliphatic heterocycles. The third-order valence-electron chi connectivity index (χ3n) is 2.44. The predicted octanol–water partition coefficient (Wildman–Crippen LogP) is 1.04. The minimum Gasteiger partial charge on any atom is -0.358 e. The summed E-state index contributed by atoms with van der Waals surface area (Å²) in [6.45, 7) is 0.100. The van der Waals surface area contributed by atoms with E-state index in [1.807, 2.05) is 0 Å². The van der Waals surface area contributed by atoms with Gasteiger partial charge in [0.1, 0.15) is 12.2 Å². The van der Waals surface area contributed by atoms with Crippen LogP contribution < -0.4 is 10.6 Å². The second-order valence-corrected chi connectivity index (χ2v) is 4.83. The number of pyridine rings is 1. The number of hydrogen-bond donors (Lipinski definition) is 2.